The summed E-state index contributed by atoms with van der Waals surface area (Å²) < 4.78 is 16.6. The lowest BCUT2D eigenvalue weighted by atomic mass is 10.2. The fourth-order valence-corrected chi connectivity index (χ4v) is 1.31. The molecule has 0 aliphatic rings. The number of alkyl halides is 3. The van der Waals surface area contributed by atoms with E-state index in [1.165, 1.54) is 12.1 Å². The van der Waals surface area contributed by atoms with Gasteiger partial charge in [-0.2, -0.15) is 0 Å². The monoisotopic (exact) mass is 280 g/mol. The SMILES string of the molecule is Fc1ccccc1-c1nnc(C(Cl)(Cl)Cl)o1. The van der Waals surface area contributed by atoms with Crippen molar-refractivity contribution in [1.29, 1.82) is 0 Å². The van der Waals surface area contributed by atoms with Gasteiger partial charge in [0.15, 0.2) is 0 Å². The third kappa shape index (κ3) is 2.29. The fraction of sp³-hybridized carbons (Fsp3) is 0.111. The van der Waals surface area contributed by atoms with Gasteiger partial charge in [-0.1, -0.05) is 46.9 Å². The van der Waals surface area contributed by atoms with Crippen molar-refractivity contribution in [3.05, 3.63) is 36.0 Å². The van der Waals surface area contributed by atoms with Crippen LogP contribution in [0.3, 0.4) is 0 Å². The lowest BCUT2D eigenvalue weighted by Gasteiger charge is -2.02. The summed E-state index contributed by atoms with van der Waals surface area (Å²) in [6.07, 6.45) is 0. The van der Waals surface area contributed by atoms with E-state index in [0.29, 0.717) is 0 Å². The Hall–Kier alpha value is -0.840. The summed E-state index contributed by atoms with van der Waals surface area (Å²) >= 11 is 16.6. The standard InChI is InChI=1S/C9H4Cl3FN2O/c10-9(11,12)8-15-14-7(16-8)5-3-1-2-4-6(5)13/h1-4H. The van der Waals surface area contributed by atoms with Crippen LogP contribution < -0.4 is 0 Å². The number of hydrogen-bond donors (Lipinski definition) is 0. The topological polar surface area (TPSA) is 38.9 Å². The minimum absolute atomic E-state index is 0.0283. The maximum atomic E-state index is 13.4. The van der Waals surface area contributed by atoms with Crippen LogP contribution in [0.25, 0.3) is 11.5 Å². The highest BCUT2D eigenvalue weighted by Gasteiger charge is 2.30. The molecular weight excluding hydrogens is 277 g/mol. The Kier molecular flexibility index (Phi) is 3.06. The van der Waals surface area contributed by atoms with Gasteiger partial charge in [-0.15, -0.1) is 10.2 Å². The van der Waals surface area contributed by atoms with Crippen molar-refractivity contribution in [2.45, 2.75) is 3.79 Å². The zero-order chi connectivity index (χ0) is 11.8. The molecule has 1 aromatic heterocycles. The van der Waals surface area contributed by atoms with Gasteiger partial charge in [0.25, 0.3) is 15.6 Å². The van der Waals surface area contributed by atoms with Crippen LogP contribution in [0.1, 0.15) is 5.89 Å². The minimum Gasteiger partial charge on any atom is -0.416 e. The van der Waals surface area contributed by atoms with Crippen LogP contribution >= 0.6 is 34.8 Å². The lowest BCUT2D eigenvalue weighted by Crippen LogP contribution is -1.99. The smallest absolute Gasteiger partial charge is 0.268 e. The van der Waals surface area contributed by atoms with Crippen molar-refractivity contribution < 1.29 is 8.81 Å². The quantitative estimate of drug-likeness (QED) is 0.748. The summed E-state index contributed by atoms with van der Waals surface area (Å²) in [6, 6.07) is 5.95. The summed E-state index contributed by atoms with van der Waals surface area (Å²) in [5.74, 6) is -0.711. The van der Waals surface area contributed by atoms with Gasteiger partial charge in [0.05, 0.1) is 5.56 Å². The normalized spacial score (nSPS) is 11.8. The van der Waals surface area contributed by atoms with Gasteiger partial charge < -0.3 is 4.42 Å². The summed E-state index contributed by atoms with van der Waals surface area (Å²) in [4.78, 5) is 0. The number of hydrogen-bond acceptors (Lipinski definition) is 3. The molecule has 3 nitrogen and oxygen atoms in total. The highest BCUT2D eigenvalue weighted by molar-refractivity contribution is 6.66. The van der Waals surface area contributed by atoms with Crippen LogP contribution in [0.5, 0.6) is 0 Å². The van der Waals surface area contributed by atoms with E-state index in [4.69, 9.17) is 39.2 Å². The average Bonchev–Trinajstić information content (AvgIpc) is 2.66. The van der Waals surface area contributed by atoms with E-state index in [1.54, 1.807) is 12.1 Å². The molecule has 2 aromatic rings. The molecule has 0 radical (unpaired) electrons. The van der Waals surface area contributed by atoms with Gasteiger partial charge in [-0.05, 0) is 12.1 Å². The summed E-state index contributed by atoms with van der Waals surface area (Å²) in [6.45, 7) is 0. The Labute approximate surface area is 105 Å². The highest BCUT2D eigenvalue weighted by Crippen LogP contribution is 2.38. The predicted octanol–water partition coefficient (Wildman–Crippen LogP) is 3.70. The van der Waals surface area contributed by atoms with Crippen molar-refractivity contribution in [2.75, 3.05) is 0 Å². The first kappa shape index (κ1) is 11.6. The fourth-order valence-electron chi connectivity index (χ4n) is 1.08. The molecular formula is C9H4Cl3FN2O. The summed E-state index contributed by atoms with van der Waals surface area (Å²) in [5.41, 5.74) is 0.162. The van der Waals surface area contributed by atoms with Gasteiger partial charge in [0.1, 0.15) is 5.82 Å². The molecule has 1 aromatic carbocycles. The molecule has 0 fully saturated rings. The van der Waals surface area contributed by atoms with E-state index in [2.05, 4.69) is 10.2 Å². The molecule has 1 heterocycles. The molecule has 16 heavy (non-hydrogen) atoms. The Balaban J connectivity index is 2.44. The van der Waals surface area contributed by atoms with E-state index in [9.17, 15) is 4.39 Å². The molecule has 0 unspecified atom stereocenters. The van der Waals surface area contributed by atoms with Gasteiger partial charge >= 0.3 is 0 Å². The first-order valence-electron chi connectivity index (χ1n) is 4.14. The maximum Gasteiger partial charge on any atom is 0.268 e. The van der Waals surface area contributed by atoms with Crippen molar-refractivity contribution in [2.24, 2.45) is 0 Å². The third-order valence-electron chi connectivity index (χ3n) is 1.77. The van der Waals surface area contributed by atoms with E-state index < -0.39 is 9.61 Å². The number of aromatic nitrogens is 2. The zero-order valence-corrected chi connectivity index (χ0v) is 9.89. The first-order valence-corrected chi connectivity index (χ1v) is 5.27. The lowest BCUT2D eigenvalue weighted by molar-refractivity contribution is 0.509. The second-order valence-corrected chi connectivity index (χ2v) is 5.17. The molecule has 0 aliphatic carbocycles. The molecule has 0 amide bonds. The molecule has 0 N–H and O–H groups in total. The van der Waals surface area contributed by atoms with Crippen LogP contribution in [0, 0.1) is 5.82 Å². The van der Waals surface area contributed by atoms with Crippen molar-refractivity contribution >= 4 is 34.8 Å². The molecule has 7 heteroatoms. The van der Waals surface area contributed by atoms with Crippen LogP contribution in [0.2, 0.25) is 0 Å². The summed E-state index contributed by atoms with van der Waals surface area (Å²) in [7, 11) is 0. The van der Waals surface area contributed by atoms with Crippen molar-refractivity contribution in [3.63, 3.8) is 0 Å². The molecule has 0 atom stereocenters. The van der Waals surface area contributed by atoms with E-state index >= 15 is 0 Å². The number of benzene rings is 1. The van der Waals surface area contributed by atoms with Gasteiger partial charge in [0, 0.05) is 0 Å². The van der Waals surface area contributed by atoms with Gasteiger partial charge in [-0.3, -0.25) is 0 Å². The Morgan fingerprint density at radius 3 is 2.38 bits per heavy atom. The number of halogens is 4. The second kappa shape index (κ2) is 4.20. The largest absolute Gasteiger partial charge is 0.416 e. The first-order chi connectivity index (χ1) is 7.48. The number of nitrogens with zero attached hydrogens (tertiary/aromatic N) is 2. The van der Waals surface area contributed by atoms with E-state index in [0.717, 1.165) is 0 Å². The van der Waals surface area contributed by atoms with Crippen LogP contribution in [0.15, 0.2) is 28.7 Å². The van der Waals surface area contributed by atoms with Crippen LogP contribution in [-0.2, 0) is 3.79 Å². The maximum absolute atomic E-state index is 13.4. The van der Waals surface area contributed by atoms with Gasteiger partial charge in [0.2, 0.25) is 0 Å². The molecule has 84 valence electrons. The molecule has 0 saturated carbocycles. The average molecular weight is 282 g/mol. The van der Waals surface area contributed by atoms with Crippen molar-refractivity contribution in [1.82, 2.24) is 10.2 Å². The van der Waals surface area contributed by atoms with E-state index in [1.807, 2.05) is 0 Å². The Bertz CT molecular complexity index is 509. The molecule has 0 spiro atoms. The molecule has 0 bridgehead atoms. The van der Waals surface area contributed by atoms with Crippen molar-refractivity contribution in [3.8, 4) is 11.5 Å². The van der Waals surface area contributed by atoms with E-state index in [-0.39, 0.29) is 17.3 Å². The summed E-state index contributed by atoms with van der Waals surface area (Å²) in [5, 5.41) is 7.13. The predicted molar refractivity (Wildman–Crippen MR) is 58.9 cm³/mol. The third-order valence-corrected chi connectivity index (χ3v) is 2.26. The molecule has 2 rings (SSSR count). The van der Waals surface area contributed by atoms with Crippen LogP contribution in [-0.4, -0.2) is 10.2 Å². The Morgan fingerprint density at radius 2 is 1.81 bits per heavy atom. The highest BCUT2D eigenvalue weighted by atomic mass is 35.6. The zero-order valence-electron chi connectivity index (χ0n) is 7.62. The minimum atomic E-state index is -1.81. The van der Waals surface area contributed by atoms with Crippen LogP contribution in [0.4, 0.5) is 4.39 Å². The number of rotatable bonds is 1. The Morgan fingerprint density at radius 1 is 1.12 bits per heavy atom. The van der Waals surface area contributed by atoms with Gasteiger partial charge in [-0.25, -0.2) is 4.39 Å². The molecule has 0 aliphatic heterocycles. The second-order valence-electron chi connectivity index (χ2n) is 2.89. The molecule has 0 saturated heterocycles.